The molecule has 186 valence electrons. The van der Waals surface area contributed by atoms with Gasteiger partial charge in [-0.15, -0.1) is 0 Å². The highest BCUT2D eigenvalue weighted by molar-refractivity contribution is 7.22. The van der Waals surface area contributed by atoms with Crippen molar-refractivity contribution in [2.24, 2.45) is 0 Å². The highest BCUT2D eigenvalue weighted by atomic mass is 32.1. The summed E-state index contributed by atoms with van der Waals surface area (Å²) in [5.74, 6) is -1.57. The van der Waals surface area contributed by atoms with Crippen molar-refractivity contribution in [3.8, 4) is 5.75 Å². The molecule has 4 aromatic rings. The topological polar surface area (TPSA) is 123 Å². The van der Waals surface area contributed by atoms with E-state index in [-0.39, 0.29) is 22.2 Å². The Balaban J connectivity index is 1.75. The molecular formula is C27H21N3O6S. The molecule has 10 heteroatoms. The van der Waals surface area contributed by atoms with Crippen LogP contribution >= 0.6 is 11.3 Å². The molecule has 1 saturated heterocycles. The molecule has 37 heavy (non-hydrogen) atoms. The number of methoxy groups -OCH3 is 1. The van der Waals surface area contributed by atoms with Crippen LogP contribution in [0.5, 0.6) is 5.75 Å². The summed E-state index contributed by atoms with van der Waals surface area (Å²) in [6.07, 6.45) is 0. The van der Waals surface area contributed by atoms with Gasteiger partial charge in [-0.25, -0.2) is 4.98 Å². The number of fused-ring (bicyclic) bond motifs is 1. The van der Waals surface area contributed by atoms with Gasteiger partial charge in [0.1, 0.15) is 11.5 Å². The van der Waals surface area contributed by atoms with Crippen molar-refractivity contribution < 1.29 is 24.4 Å². The number of carbonyl (C=O) groups is 2. The van der Waals surface area contributed by atoms with E-state index in [1.807, 2.05) is 25.1 Å². The van der Waals surface area contributed by atoms with Crippen LogP contribution in [0, 0.1) is 24.0 Å². The summed E-state index contributed by atoms with van der Waals surface area (Å²) in [4.78, 5) is 43.5. The van der Waals surface area contributed by atoms with Crippen LogP contribution in [0.3, 0.4) is 0 Å². The van der Waals surface area contributed by atoms with Gasteiger partial charge in [0.15, 0.2) is 5.13 Å². The number of hydrogen-bond acceptors (Lipinski definition) is 8. The summed E-state index contributed by atoms with van der Waals surface area (Å²) in [7, 11) is 1.52. The second kappa shape index (κ2) is 9.14. The number of benzene rings is 3. The fourth-order valence-electron chi connectivity index (χ4n) is 4.46. The quantitative estimate of drug-likeness (QED) is 0.123. The van der Waals surface area contributed by atoms with E-state index in [2.05, 4.69) is 4.98 Å². The van der Waals surface area contributed by atoms with E-state index in [4.69, 9.17) is 4.74 Å². The summed E-state index contributed by atoms with van der Waals surface area (Å²) in [5.41, 5.74) is 2.61. The lowest BCUT2D eigenvalue weighted by Crippen LogP contribution is -2.29. The number of aliphatic hydroxyl groups is 1. The molecule has 3 aromatic carbocycles. The third-order valence-electron chi connectivity index (χ3n) is 6.25. The number of thiazole rings is 1. The minimum Gasteiger partial charge on any atom is -0.507 e. The van der Waals surface area contributed by atoms with Gasteiger partial charge in [0.05, 0.1) is 33.9 Å². The lowest BCUT2D eigenvalue weighted by atomic mass is 9.94. The van der Waals surface area contributed by atoms with Gasteiger partial charge in [0, 0.05) is 17.7 Å². The Morgan fingerprint density at radius 1 is 1.11 bits per heavy atom. The molecular weight excluding hydrogens is 494 g/mol. The molecule has 0 unspecified atom stereocenters. The number of ketones is 1. The Morgan fingerprint density at radius 2 is 1.89 bits per heavy atom. The SMILES string of the molecule is COc1ccc(/C(O)=C2\C(=O)C(=O)N(c3nc4ccc(C)cc4s3)[C@H]2c2cccc([N+](=O)[O-])c2)cc1C. The zero-order valence-electron chi connectivity index (χ0n) is 20.1. The number of Topliss-reactive ketones (excluding diaryl/α,β-unsaturated/α-hetero) is 1. The molecule has 0 radical (unpaired) electrons. The van der Waals surface area contributed by atoms with E-state index < -0.39 is 22.7 Å². The van der Waals surface area contributed by atoms with Crippen molar-refractivity contribution in [2.75, 3.05) is 12.0 Å². The summed E-state index contributed by atoms with van der Waals surface area (Å²) in [6.45, 7) is 3.72. The average molecular weight is 516 g/mol. The lowest BCUT2D eigenvalue weighted by molar-refractivity contribution is -0.384. The van der Waals surface area contributed by atoms with Crippen LogP contribution < -0.4 is 9.64 Å². The number of rotatable bonds is 5. The fourth-order valence-corrected chi connectivity index (χ4v) is 5.55. The van der Waals surface area contributed by atoms with Crippen LogP contribution in [0.4, 0.5) is 10.8 Å². The third-order valence-corrected chi connectivity index (χ3v) is 7.27. The van der Waals surface area contributed by atoms with Crippen LogP contribution in [-0.4, -0.2) is 33.8 Å². The highest BCUT2D eigenvalue weighted by Crippen LogP contribution is 2.45. The van der Waals surface area contributed by atoms with E-state index in [0.717, 1.165) is 10.3 Å². The maximum atomic E-state index is 13.4. The first kappa shape index (κ1) is 24.1. The summed E-state index contributed by atoms with van der Waals surface area (Å²) < 4.78 is 6.10. The number of nitrogens with zero attached hydrogens (tertiary/aromatic N) is 3. The number of amides is 1. The molecule has 0 bridgehead atoms. The predicted octanol–water partition coefficient (Wildman–Crippen LogP) is 5.46. The monoisotopic (exact) mass is 515 g/mol. The van der Waals surface area contributed by atoms with Crippen molar-refractivity contribution in [3.05, 3.63) is 98.6 Å². The summed E-state index contributed by atoms with van der Waals surface area (Å²) in [6, 6.07) is 15.1. The normalized spacial score (nSPS) is 16.9. The second-order valence-electron chi connectivity index (χ2n) is 8.67. The molecule has 1 aromatic heterocycles. The number of aryl methyl sites for hydroxylation is 2. The predicted molar refractivity (Wildman–Crippen MR) is 140 cm³/mol. The van der Waals surface area contributed by atoms with Gasteiger partial charge < -0.3 is 9.84 Å². The smallest absolute Gasteiger partial charge is 0.301 e. The molecule has 9 nitrogen and oxygen atoms in total. The highest BCUT2D eigenvalue weighted by Gasteiger charge is 2.48. The molecule has 2 heterocycles. The molecule has 5 rings (SSSR count). The van der Waals surface area contributed by atoms with Gasteiger partial charge in [-0.1, -0.05) is 29.5 Å². The number of ether oxygens (including phenoxy) is 1. The summed E-state index contributed by atoms with van der Waals surface area (Å²) in [5, 5.41) is 23.1. The Labute approximate surface area is 215 Å². The Bertz CT molecular complexity index is 1640. The maximum Gasteiger partial charge on any atom is 0.301 e. The Kier molecular flexibility index (Phi) is 5.96. The number of nitro groups is 1. The number of non-ortho nitro benzene ring substituents is 1. The van der Waals surface area contributed by atoms with Gasteiger partial charge in [-0.3, -0.25) is 24.6 Å². The van der Waals surface area contributed by atoms with Gasteiger partial charge in [0.2, 0.25) is 0 Å². The largest absolute Gasteiger partial charge is 0.507 e. The van der Waals surface area contributed by atoms with Crippen LogP contribution in [-0.2, 0) is 9.59 Å². The zero-order valence-corrected chi connectivity index (χ0v) is 20.9. The van der Waals surface area contributed by atoms with Crippen molar-refractivity contribution in [1.29, 1.82) is 0 Å². The molecule has 1 N–H and O–H groups in total. The number of aliphatic hydroxyl groups excluding tert-OH is 1. The molecule has 0 aliphatic carbocycles. The van der Waals surface area contributed by atoms with E-state index in [0.29, 0.717) is 28.0 Å². The first-order chi connectivity index (χ1) is 17.7. The number of aromatic nitrogens is 1. The van der Waals surface area contributed by atoms with E-state index in [9.17, 15) is 24.8 Å². The minimum absolute atomic E-state index is 0.175. The number of hydrogen-bond donors (Lipinski definition) is 1. The molecule has 1 amide bonds. The van der Waals surface area contributed by atoms with E-state index in [1.165, 1.54) is 41.5 Å². The number of nitro benzene ring substituents is 1. The standard InChI is InChI=1S/C27H21N3O6S/c1-14-7-9-19-21(11-14)37-27(28-19)29-23(16-5-4-6-18(13-16)30(34)35)22(25(32)26(29)33)24(31)17-8-10-20(36-3)15(2)12-17/h4-13,23,31H,1-3H3/b24-22+/t23-/m0/s1. The first-order valence-corrected chi connectivity index (χ1v) is 12.1. The molecule has 0 saturated carbocycles. The second-order valence-corrected chi connectivity index (χ2v) is 9.68. The van der Waals surface area contributed by atoms with Crippen LogP contribution in [0.25, 0.3) is 16.0 Å². The minimum atomic E-state index is -1.12. The van der Waals surface area contributed by atoms with Crippen LogP contribution in [0.1, 0.15) is 28.3 Å². The molecule has 1 aliphatic heterocycles. The zero-order chi connectivity index (χ0) is 26.4. The van der Waals surface area contributed by atoms with Crippen LogP contribution in [0.2, 0.25) is 0 Å². The number of carbonyl (C=O) groups excluding carboxylic acids is 2. The van der Waals surface area contributed by atoms with Gasteiger partial charge >= 0.3 is 5.91 Å². The molecule has 1 fully saturated rings. The van der Waals surface area contributed by atoms with Crippen molar-refractivity contribution in [2.45, 2.75) is 19.9 Å². The molecule has 1 atom stereocenters. The van der Waals surface area contributed by atoms with Crippen molar-refractivity contribution in [1.82, 2.24) is 4.98 Å². The number of anilines is 1. The Hall–Kier alpha value is -4.57. The van der Waals surface area contributed by atoms with Crippen LogP contribution in [0.15, 0.2) is 66.2 Å². The van der Waals surface area contributed by atoms with Gasteiger partial charge in [-0.05, 0) is 60.9 Å². The first-order valence-electron chi connectivity index (χ1n) is 11.3. The van der Waals surface area contributed by atoms with Crippen molar-refractivity contribution >= 4 is 49.8 Å². The van der Waals surface area contributed by atoms with Gasteiger partial charge in [-0.2, -0.15) is 0 Å². The van der Waals surface area contributed by atoms with E-state index >= 15 is 0 Å². The molecule has 1 aliphatic rings. The maximum absolute atomic E-state index is 13.4. The van der Waals surface area contributed by atoms with Gasteiger partial charge in [0.25, 0.3) is 11.5 Å². The third kappa shape index (κ3) is 4.11. The molecule has 0 spiro atoms. The van der Waals surface area contributed by atoms with Crippen molar-refractivity contribution in [3.63, 3.8) is 0 Å². The average Bonchev–Trinajstić information content (AvgIpc) is 3.41. The fraction of sp³-hybridized carbons (Fsp3) is 0.148. The van der Waals surface area contributed by atoms with E-state index in [1.54, 1.807) is 31.2 Å². The summed E-state index contributed by atoms with van der Waals surface area (Å²) >= 11 is 1.23. The lowest BCUT2D eigenvalue weighted by Gasteiger charge is -2.23. The Morgan fingerprint density at radius 3 is 2.59 bits per heavy atom.